The summed E-state index contributed by atoms with van der Waals surface area (Å²) in [5.74, 6) is 0.187. The first kappa shape index (κ1) is 17.1. The molecule has 1 fully saturated rings. The van der Waals surface area contributed by atoms with Gasteiger partial charge in [-0.05, 0) is 25.3 Å². The zero-order chi connectivity index (χ0) is 17.3. The smallest absolute Gasteiger partial charge is 0.228 e. The Balaban J connectivity index is 1.64. The number of carbonyl (C=O) groups is 1. The fourth-order valence-electron chi connectivity index (χ4n) is 3.13. The molecule has 1 aliphatic rings. The van der Waals surface area contributed by atoms with E-state index in [0.29, 0.717) is 6.42 Å². The van der Waals surface area contributed by atoms with Crippen molar-refractivity contribution >= 4 is 17.2 Å². The summed E-state index contributed by atoms with van der Waals surface area (Å²) in [7, 11) is 0. The average Bonchev–Trinajstić information content (AvgIpc) is 3.19. The third-order valence-corrected chi connectivity index (χ3v) is 5.70. The zero-order valence-corrected chi connectivity index (χ0v) is 15.8. The number of likely N-dealkylation sites (tertiary alicyclic amines) is 1. The first-order chi connectivity index (χ1) is 11.3. The van der Waals surface area contributed by atoms with Crippen LogP contribution < -0.4 is 0 Å². The topological polar surface area (TPSA) is 51.0 Å². The van der Waals surface area contributed by atoms with E-state index in [1.165, 1.54) is 0 Å². The molecule has 3 heterocycles. The third kappa shape index (κ3) is 3.86. The van der Waals surface area contributed by atoms with E-state index in [4.69, 9.17) is 0 Å². The second-order valence-electron chi connectivity index (χ2n) is 7.69. The summed E-state index contributed by atoms with van der Waals surface area (Å²) in [6.07, 6.45) is 6.43. The molecule has 1 atom stereocenters. The lowest BCUT2D eigenvalue weighted by Crippen LogP contribution is -2.39. The van der Waals surface area contributed by atoms with Gasteiger partial charge in [-0.25, -0.2) is 4.98 Å². The summed E-state index contributed by atoms with van der Waals surface area (Å²) >= 11 is 1.65. The van der Waals surface area contributed by atoms with Crippen molar-refractivity contribution < 1.29 is 4.79 Å². The number of carbonyl (C=O) groups excluding carboxylic acids is 1. The molecule has 2 aromatic heterocycles. The molecule has 0 aliphatic carbocycles. The minimum atomic E-state index is 0.0418. The second-order valence-corrected chi connectivity index (χ2v) is 8.55. The van der Waals surface area contributed by atoms with Gasteiger partial charge in [0.15, 0.2) is 0 Å². The van der Waals surface area contributed by atoms with Crippen LogP contribution in [0.4, 0.5) is 0 Å². The van der Waals surface area contributed by atoms with Crippen molar-refractivity contribution in [3.63, 3.8) is 0 Å². The molecule has 1 amide bonds. The molecule has 0 spiro atoms. The number of nitrogens with zero attached hydrogens (tertiary/aromatic N) is 4. The van der Waals surface area contributed by atoms with Gasteiger partial charge in [-0.3, -0.25) is 9.48 Å². The predicted octanol–water partition coefficient (Wildman–Crippen LogP) is 3.18. The maximum Gasteiger partial charge on any atom is 0.228 e. The summed E-state index contributed by atoms with van der Waals surface area (Å²) in [4.78, 5) is 19.4. The molecular weight excluding hydrogens is 320 g/mol. The Morgan fingerprint density at radius 3 is 2.83 bits per heavy atom. The van der Waals surface area contributed by atoms with Crippen LogP contribution in [0.25, 0.3) is 0 Å². The van der Waals surface area contributed by atoms with Crippen molar-refractivity contribution in [2.75, 3.05) is 6.54 Å². The van der Waals surface area contributed by atoms with Crippen molar-refractivity contribution in [1.82, 2.24) is 19.7 Å². The van der Waals surface area contributed by atoms with Crippen LogP contribution in [0.2, 0.25) is 0 Å². The first-order valence-electron chi connectivity index (χ1n) is 8.56. The monoisotopic (exact) mass is 346 g/mol. The highest BCUT2D eigenvalue weighted by molar-refractivity contribution is 7.09. The van der Waals surface area contributed by atoms with Gasteiger partial charge in [-0.1, -0.05) is 20.8 Å². The van der Waals surface area contributed by atoms with Crippen LogP contribution in [-0.2, 0) is 23.2 Å². The lowest BCUT2D eigenvalue weighted by Gasteiger charge is -2.24. The van der Waals surface area contributed by atoms with E-state index in [2.05, 4.69) is 30.9 Å². The van der Waals surface area contributed by atoms with Gasteiger partial charge in [0.2, 0.25) is 5.91 Å². The van der Waals surface area contributed by atoms with E-state index in [0.717, 1.165) is 42.2 Å². The molecule has 6 heteroatoms. The number of hydrogen-bond donors (Lipinski definition) is 0. The first-order valence-corrected chi connectivity index (χ1v) is 9.44. The van der Waals surface area contributed by atoms with E-state index in [-0.39, 0.29) is 17.4 Å². The van der Waals surface area contributed by atoms with Crippen LogP contribution in [0.15, 0.2) is 17.8 Å². The minimum absolute atomic E-state index is 0.0418. The van der Waals surface area contributed by atoms with Crippen LogP contribution in [0.3, 0.4) is 0 Å². The molecule has 1 unspecified atom stereocenters. The van der Waals surface area contributed by atoms with E-state index < -0.39 is 0 Å². The molecule has 1 saturated heterocycles. The molecule has 3 rings (SSSR count). The van der Waals surface area contributed by atoms with Gasteiger partial charge < -0.3 is 4.90 Å². The number of rotatable bonds is 4. The van der Waals surface area contributed by atoms with Crippen LogP contribution in [0.5, 0.6) is 0 Å². The molecule has 1 aliphatic heterocycles. The number of hydrogen-bond acceptors (Lipinski definition) is 4. The molecule has 24 heavy (non-hydrogen) atoms. The lowest BCUT2D eigenvalue weighted by atomic mass is 9.98. The van der Waals surface area contributed by atoms with Crippen molar-refractivity contribution in [1.29, 1.82) is 0 Å². The van der Waals surface area contributed by atoms with Crippen LogP contribution in [0.1, 0.15) is 49.9 Å². The Labute approximate surface area is 147 Å². The lowest BCUT2D eigenvalue weighted by molar-refractivity contribution is -0.131. The third-order valence-electron chi connectivity index (χ3n) is 4.38. The Kier molecular flexibility index (Phi) is 4.76. The Hall–Kier alpha value is -1.69. The van der Waals surface area contributed by atoms with E-state index in [1.807, 2.05) is 34.3 Å². The van der Waals surface area contributed by atoms with E-state index in [9.17, 15) is 4.79 Å². The van der Waals surface area contributed by atoms with Crippen LogP contribution in [-0.4, -0.2) is 38.2 Å². The fourth-order valence-corrected chi connectivity index (χ4v) is 4.03. The van der Waals surface area contributed by atoms with Crippen molar-refractivity contribution in [3.8, 4) is 0 Å². The summed E-state index contributed by atoms with van der Waals surface area (Å²) < 4.78 is 1.95. The SMILES string of the molecule is Cc1cnn(CC2CCCN2C(=O)Cc2csc(C(C)(C)C)n2)c1. The highest BCUT2D eigenvalue weighted by atomic mass is 32.1. The molecule has 130 valence electrons. The highest BCUT2D eigenvalue weighted by Crippen LogP contribution is 2.26. The molecule has 0 aromatic carbocycles. The van der Waals surface area contributed by atoms with Gasteiger partial charge in [0, 0.05) is 23.5 Å². The molecule has 5 nitrogen and oxygen atoms in total. The standard InChI is InChI=1S/C18H26N4OS/c1-13-9-19-21(10-13)11-15-6-5-7-22(15)16(23)8-14-12-24-17(20-14)18(2,3)4/h9-10,12,15H,5-8,11H2,1-4H3. The largest absolute Gasteiger partial charge is 0.338 e. The second kappa shape index (κ2) is 6.67. The number of thiazole rings is 1. The molecule has 0 bridgehead atoms. The predicted molar refractivity (Wildman–Crippen MR) is 96.2 cm³/mol. The van der Waals surface area contributed by atoms with E-state index >= 15 is 0 Å². The quantitative estimate of drug-likeness (QED) is 0.854. The fraction of sp³-hybridized carbons (Fsp3) is 0.611. The van der Waals surface area contributed by atoms with Gasteiger partial charge in [0.05, 0.1) is 35.9 Å². The van der Waals surface area contributed by atoms with Gasteiger partial charge >= 0.3 is 0 Å². The van der Waals surface area contributed by atoms with E-state index in [1.54, 1.807) is 11.3 Å². The number of aromatic nitrogens is 3. The average molecular weight is 347 g/mol. The summed E-state index contributed by atoms with van der Waals surface area (Å²) in [6, 6.07) is 0.248. The number of aryl methyl sites for hydroxylation is 1. The normalized spacial score (nSPS) is 18.3. The Morgan fingerprint density at radius 1 is 1.42 bits per heavy atom. The maximum absolute atomic E-state index is 12.7. The minimum Gasteiger partial charge on any atom is -0.338 e. The van der Waals surface area contributed by atoms with Gasteiger partial charge in [-0.2, -0.15) is 5.10 Å². The van der Waals surface area contributed by atoms with Gasteiger partial charge in [0.25, 0.3) is 0 Å². The highest BCUT2D eigenvalue weighted by Gasteiger charge is 2.29. The summed E-state index contributed by atoms with van der Waals surface area (Å²) in [6.45, 7) is 10.1. The van der Waals surface area contributed by atoms with Gasteiger partial charge in [-0.15, -0.1) is 11.3 Å². The molecular formula is C18H26N4OS. The van der Waals surface area contributed by atoms with Crippen molar-refractivity contribution in [2.24, 2.45) is 0 Å². The molecule has 0 radical (unpaired) electrons. The molecule has 0 N–H and O–H groups in total. The number of amides is 1. The Bertz CT molecular complexity index is 713. The zero-order valence-electron chi connectivity index (χ0n) is 15.0. The summed E-state index contributed by atoms with van der Waals surface area (Å²) in [5, 5.41) is 7.48. The van der Waals surface area contributed by atoms with Crippen LogP contribution >= 0.6 is 11.3 Å². The van der Waals surface area contributed by atoms with Crippen LogP contribution in [0, 0.1) is 6.92 Å². The maximum atomic E-state index is 12.7. The van der Waals surface area contributed by atoms with Crippen molar-refractivity contribution in [2.45, 2.75) is 65.0 Å². The summed E-state index contributed by atoms with van der Waals surface area (Å²) in [5.41, 5.74) is 2.10. The molecule has 2 aromatic rings. The van der Waals surface area contributed by atoms with Gasteiger partial charge in [0.1, 0.15) is 0 Å². The van der Waals surface area contributed by atoms with Crippen molar-refractivity contribution in [3.05, 3.63) is 34.0 Å². The molecule has 0 saturated carbocycles. The Morgan fingerprint density at radius 2 is 2.21 bits per heavy atom.